The van der Waals surface area contributed by atoms with Crippen LogP contribution in [0.15, 0.2) is 54.6 Å². The highest BCUT2D eigenvalue weighted by atomic mass is 16.6. The number of carbonyl (C=O) groups is 2. The normalized spacial score (nSPS) is 15.3. The first-order valence-electron chi connectivity index (χ1n) is 10.8. The van der Waals surface area contributed by atoms with Crippen molar-refractivity contribution in [1.29, 1.82) is 0 Å². The van der Waals surface area contributed by atoms with Crippen LogP contribution in [0.5, 0.6) is 0 Å². The first-order chi connectivity index (χ1) is 14.7. The number of hydrogen-bond acceptors (Lipinski definition) is 5. The van der Waals surface area contributed by atoms with Crippen molar-refractivity contribution in [2.45, 2.75) is 70.7 Å². The molecule has 2 aromatic rings. The summed E-state index contributed by atoms with van der Waals surface area (Å²) in [5.41, 5.74) is 7.39. The second kappa shape index (κ2) is 9.86. The molecular formula is C25H32N2O4. The summed E-state index contributed by atoms with van der Waals surface area (Å²) in [6, 6.07) is 15.6. The van der Waals surface area contributed by atoms with Crippen molar-refractivity contribution in [3.63, 3.8) is 0 Å². The van der Waals surface area contributed by atoms with E-state index in [0.717, 1.165) is 31.2 Å². The number of nitrogens with two attached hydrogens (primary N) is 1. The summed E-state index contributed by atoms with van der Waals surface area (Å²) in [6.45, 7) is 5.53. The number of benzene rings is 2. The smallest absolute Gasteiger partial charge is 0.411 e. The number of amides is 1. The SMILES string of the molecule is CC(C)(C)OC(=O)N(Cc1ccccc1N)C(C(=O)OC1CCCC1)c1ccccc1. The fraction of sp³-hybridized carbons (Fsp3) is 0.440. The third-order valence-corrected chi connectivity index (χ3v) is 5.26. The van der Waals surface area contributed by atoms with Crippen LogP contribution in [0.3, 0.4) is 0 Å². The van der Waals surface area contributed by atoms with Crippen LogP contribution in [0.25, 0.3) is 0 Å². The third kappa shape index (κ3) is 6.23. The van der Waals surface area contributed by atoms with Gasteiger partial charge in [-0.1, -0.05) is 48.5 Å². The molecule has 1 aliphatic carbocycles. The largest absolute Gasteiger partial charge is 0.461 e. The second-order valence-electron chi connectivity index (χ2n) is 8.96. The van der Waals surface area contributed by atoms with Crippen molar-refractivity contribution in [3.8, 4) is 0 Å². The molecule has 0 radical (unpaired) electrons. The number of ether oxygens (including phenoxy) is 2. The molecule has 0 bridgehead atoms. The lowest BCUT2D eigenvalue weighted by molar-refractivity contribution is -0.155. The van der Waals surface area contributed by atoms with E-state index < -0.39 is 23.7 Å². The summed E-state index contributed by atoms with van der Waals surface area (Å²) >= 11 is 0. The van der Waals surface area contributed by atoms with E-state index in [4.69, 9.17) is 15.2 Å². The second-order valence-corrected chi connectivity index (χ2v) is 8.96. The molecule has 0 aromatic heterocycles. The summed E-state index contributed by atoms with van der Waals surface area (Å²) in [5, 5.41) is 0. The summed E-state index contributed by atoms with van der Waals surface area (Å²) in [6.07, 6.45) is 3.10. The lowest BCUT2D eigenvalue weighted by Crippen LogP contribution is -2.43. The molecule has 2 N–H and O–H groups in total. The summed E-state index contributed by atoms with van der Waals surface area (Å²) < 4.78 is 11.5. The van der Waals surface area contributed by atoms with Crippen molar-refractivity contribution >= 4 is 17.7 Å². The Labute approximate surface area is 184 Å². The van der Waals surface area contributed by atoms with Gasteiger partial charge in [-0.25, -0.2) is 9.59 Å². The van der Waals surface area contributed by atoms with E-state index in [0.29, 0.717) is 11.3 Å². The molecular weight excluding hydrogens is 392 g/mol. The Morgan fingerprint density at radius 3 is 2.26 bits per heavy atom. The van der Waals surface area contributed by atoms with Gasteiger partial charge in [0.25, 0.3) is 0 Å². The highest BCUT2D eigenvalue weighted by Crippen LogP contribution is 2.30. The van der Waals surface area contributed by atoms with Gasteiger partial charge in [-0.2, -0.15) is 0 Å². The highest BCUT2D eigenvalue weighted by Gasteiger charge is 2.37. The Balaban J connectivity index is 1.99. The van der Waals surface area contributed by atoms with Crippen LogP contribution < -0.4 is 5.73 Å². The molecule has 1 unspecified atom stereocenters. The lowest BCUT2D eigenvalue weighted by atomic mass is 10.0. The van der Waals surface area contributed by atoms with Gasteiger partial charge in [0, 0.05) is 5.69 Å². The van der Waals surface area contributed by atoms with Crippen LogP contribution in [-0.2, 0) is 20.8 Å². The molecule has 0 saturated heterocycles. The predicted molar refractivity (Wildman–Crippen MR) is 120 cm³/mol. The molecule has 1 aliphatic rings. The van der Waals surface area contributed by atoms with Gasteiger partial charge in [0.1, 0.15) is 11.7 Å². The Hall–Kier alpha value is -3.02. The number of anilines is 1. The van der Waals surface area contributed by atoms with Gasteiger partial charge in [0.05, 0.1) is 6.54 Å². The van der Waals surface area contributed by atoms with Gasteiger partial charge in [-0.05, 0) is 63.6 Å². The summed E-state index contributed by atoms with van der Waals surface area (Å²) in [7, 11) is 0. The Morgan fingerprint density at radius 2 is 1.65 bits per heavy atom. The van der Waals surface area contributed by atoms with Gasteiger partial charge >= 0.3 is 12.1 Å². The van der Waals surface area contributed by atoms with Crippen molar-refractivity contribution in [3.05, 3.63) is 65.7 Å². The summed E-state index contributed by atoms with van der Waals surface area (Å²) in [5.74, 6) is -0.446. The van der Waals surface area contributed by atoms with Crippen molar-refractivity contribution in [2.75, 3.05) is 5.73 Å². The van der Waals surface area contributed by atoms with Gasteiger partial charge < -0.3 is 15.2 Å². The van der Waals surface area contributed by atoms with Crippen molar-refractivity contribution in [2.24, 2.45) is 0 Å². The molecule has 0 spiro atoms. The molecule has 2 aromatic carbocycles. The van der Waals surface area contributed by atoms with Crippen LogP contribution >= 0.6 is 0 Å². The highest BCUT2D eigenvalue weighted by molar-refractivity contribution is 5.83. The fourth-order valence-corrected chi connectivity index (χ4v) is 3.76. The Kier molecular flexibility index (Phi) is 7.21. The minimum absolute atomic E-state index is 0.110. The molecule has 6 heteroatoms. The van der Waals surface area contributed by atoms with E-state index in [1.165, 1.54) is 4.90 Å². The molecule has 0 heterocycles. The van der Waals surface area contributed by atoms with Crippen LogP contribution in [0, 0.1) is 0 Å². The Bertz CT molecular complexity index is 886. The lowest BCUT2D eigenvalue weighted by Gasteiger charge is -2.33. The molecule has 166 valence electrons. The average molecular weight is 425 g/mol. The zero-order valence-electron chi connectivity index (χ0n) is 18.5. The molecule has 1 amide bonds. The van der Waals surface area contributed by atoms with E-state index in [-0.39, 0.29) is 12.6 Å². The van der Waals surface area contributed by atoms with Gasteiger partial charge in [-0.3, -0.25) is 4.90 Å². The number of para-hydroxylation sites is 1. The molecule has 1 atom stereocenters. The van der Waals surface area contributed by atoms with E-state index in [2.05, 4.69) is 0 Å². The van der Waals surface area contributed by atoms with Crippen LogP contribution in [-0.4, -0.2) is 28.7 Å². The fourth-order valence-electron chi connectivity index (χ4n) is 3.76. The molecule has 6 nitrogen and oxygen atoms in total. The first kappa shape index (κ1) is 22.7. The number of rotatable bonds is 6. The molecule has 0 aliphatic heterocycles. The van der Waals surface area contributed by atoms with Crippen LogP contribution in [0.1, 0.15) is 63.6 Å². The van der Waals surface area contributed by atoms with Gasteiger partial charge in [0.15, 0.2) is 6.04 Å². The van der Waals surface area contributed by atoms with E-state index >= 15 is 0 Å². The Morgan fingerprint density at radius 1 is 1.03 bits per heavy atom. The van der Waals surface area contributed by atoms with Crippen molar-refractivity contribution < 1.29 is 19.1 Å². The molecule has 1 fully saturated rings. The maximum atomic E-state index is 13.4. The number of esters is 1. The van der Waals surface area contributed by atoms with Crippen molar-refractivity contribution in [1.82, 2.24) is 4.90 Å². The number of hydrogen-bond donors (Lipinski definition) is 1. The standard InChI is InChI=1S/C25H32N2O4/c1-25(2,3)31-24(29)27(17-19-13-7-10-16-21(19)26)22(18-11-5-4-6-12-18)23(28)30-20-14-8-9-15-20/h4-7,10-13,16,20,22H,8-9,14-15,17,26H2,1-3H3. The maximum absolute atomic E-state index is 13.4. The number of carbonyl (C=O) groups excluding carboxylic acids is 2. The predicted octanol–water partition coefficient (Wildman–Crippen LogP) is 5.23. The minimum Gasteiger partial charge on any atom is -0.461 e. The topological polar surface area (TPSA) is 81.9 Å². The average Bonchev–Trinajstić information content (AvgIpc) is 3.21. The summed E-state index contributed by atoms with van der Waals surface area (Å²) in [4.78, 5) is 28.1. The monoisotopic (exact) mass is 424 g/mol. The van der Waals surface area contributed by atoms with Gasteiger partial charge in [0.2, 0.25) is 0 Å². The quantitative estimate of drug-likeness (QED) is 0.507. The molecule has 31 heavy (non-hydrogen) atoms. The van der Waals surface area contributed by atoms with Crippen LogP contribution in [0.2, 0.25) is 0 Å². The van der Waals surface area contributed by atoms with E-state index in [9.17, 15) is 9.59 Å². The minimum atomic E-state index is -0.934. The number of nitrogens with zero attached hydrogens (tertiary/aromatic N) is 1. The molecule has 1 saturated carbocycles. The zero-order valence-corrected chi connectivity index (χ0v) is 18.5. The zero-order chi connectivity index (χ0) is 22.4. The molecule has 3 rings (SSSR count). The number of nitrogen functional groups attached to an aromatic ring is 1. The van der Waals surface area contributed by atoms with Gasteiger partial charge in [-0.15, -0.1) is 0 Å². The first-order valence-corrected chi connectivity index (χ1v) is 10.8. The third-order valence-electron chi connectivity index (χ3n) is 5.26. The maximum Gasteiger partial charge on any atom is 0.411 e. The van der Waals surface area contributed by atoms with Crippen LogP contribution in [0.4, 0.5) is 10.5 Å². The van der Waals surface area contributed by atoms with E-state index in [1.807, 2.05) is 48.5 Å². The van der Waals surface area contributed by atoms with E-state index in [1.54, 1.807) is 26.8 Å².